The fraction of sp³-hybridized carbons (Fsp3) is 0. The van der Waals surface area contributed by atoms with Crippen molar-refractivity contribution < 1.29 is 0 Å². The van der Waals surface area contributed by atoms with E-state index in [4.69, 9.17) is 5.73 Å². The van der Waals surface area contributed by atoms with Gasteiger partial charge in [-0.3, -0.25) is 4.79 Å². The molecule has 0 unspecified atom stereocenters. The molecule has 3 nitrogen and oxygen atoms in total. The maximum Gasteiger partial charge on any atom is 0.292 e. The summed E-state index contributed by atoms with van der Waals surface area (Å²) in [5, 5.41) is 1.84. The topological polar surface area (TPSA) is 56.0 Å². The first-order valence-electron chi connectivity index (χ1n) is 3.92. The number of nitrogens with zero attached hydrogens (tertiary/aromatic N) is 1. The van der Waals surface area contributed by atoms with Crippen molar-refractivity contribution in [1.29, 1.82) is 0 Å². The number of nitrogens with two attached hydrogens (primary N) is 1. The van der Waals surface area contributed by atoms with Gasteiger partial charge in [-0.15, -0.1) is 0 Å². The lowest BCUT2D eigenvalue weighted by atomic mass is 10.2. The van der Waals surface area contributed by atoms with Gasteiger partial charge in [-0.25, -0.2) is 4.98 Å². The van der Waals surface area contributed by atoms with Crippen molar-refractivity contribution in [3.8, 4) is 0 Å². The molecule has 0 saturated carbocycles. The van der Waals surface area contributed by atoms with E-state index in [2.05, 4.69) is 4.98 Å². The van der Waals surface area contributed by atoms with Gasteiger partial charge in [0.2, 0.25) is 0 Å². The van der Waals surface area contributed by atoms with Gasteiger partial charge in [0.1, 0.15) is 5.69 Å². The Kier molecular flexibility index (Phi) is 1.70. The monoisotopic (exact) mass is 172 g/mol. The molecule has 2 aromatic rings. The molecule has 1 heterocycles. The number of hydrogen-bond donors (Lipinski definition) is 1. The van der Waals surface area contributed by atoms with E-state index in [1.165, 1.54) is 6.20 Å². The Morgan fingerprint density at radius 3 is 2.62 bits per heavy atom. The molecular weight excluding hydrogens is 164 g/mol. The van der Waals surface area contributed by atoms with Crippen molar-refractivity contribution in [1.82, 2.24) is 4.98 Å². The summed E-state index contributed by atoms with van der Waals surface area (Å²) < 4.78 is 0. The first-order valence-corrected chi connectivity index (χ1v) is 3.92. The molecule has 0 aliphatic carbocycles. The Morgan fingerprint density at radius 1 is 1.15 bits per heavy atom. The minimum absolute atomic E-state index is 0.182. The molecule has 0 aliphatic rings. The number of nitrogen functional groups attached to an aromatic ring is 1. The molecule has 1 aromatic carbocycles. The summed E-state index contributed by atoms with van der Waals surface area (Å²) in [6.07, 6.45) is 1.54. The molecule has 1 aromatic heterocycles. The van der Waals surface area contributed by atoms with Crippen molar-refractivity contribution in [3.63, 3.8) is 0 Å². The van der Waals surface area contributed by atoms with Gasteiger partial charge in [-0.05, 0) is 11.5 Å². The molecule has 2 N–H and O–H groups in total. The molecule has 13 heavy (non-hydrogen) atoms. The molecule has 0 atom stereocenters. The molecule has 64 valence electrons. The van der Waals surface area contributed by atoms with Gasteiger partial charge in [0.05, 0.1) is 0 Å². The van der Waals surface area contributed by atoms with Gasteiger partial charge < -0.3 is 5.73 Å². The van der Waals surface area contributed by atoms with Crippen LogP contribution in [0.4, 0.5) is 5.69 Å². The number of aromatic nitrogens is 1. The molecular formula is C10H8N2O. The summed E-state index contributed by atoms with van der Waals surface area (Å²) in [4.78, 5) is 14.8. The van der Waals surface area contributed by atoms with Crippen molar-refractivity contribution in [2.24, 2.45) is 0 Å². The SMILES string of the molecule is Nc1cc2ccccc2cnc1=O. The average Bonchev–Trinajstić information content (AvgIpc) is 2.28. The lowest BCUT2D eigenvalue weighted by Gasteiger charge is -1.88. The van der Waals surface area contributed by atoms with Gasteiger partial charge in [0, 0.05) is 11.6 Å². The minimum Gasteiger partial charge on any atom is -0.394 e. The Bertz CT molecular complexity index is 508. The molecule has 3 heteroatoms. The quantitative estimate of drug-likeness (QED) is 0.649. The maximum absolute atomic E-state index is 11.1. The zero-order valence-electron chi connectivity index (χ0n) is 6.90. The van der Waals surface area contributed by atoms with E-state index >= 15 is 0 Å². The Hall–Kier alpha value is -1.90. The highest BCUT2D eigenvalue weighted by Crippen LogP contribution is 2.10. The van der Waals surface area contributed by atoms with Gasteiger partial charge in [-0.2, -0.15) is 0 Å². The Labute approximate surface area is 74.8 Å². The molecule has 0 bridgehead atoms. The van der Waals surface area contributed by atoms with Crippen LogP contribution in [0.5, 0.6) is 0 Å². The smallest absolute Gasteiger partial charge is 0.292 e. The summed E-state index contributed by atoms with van der Waals surface area (Å²) in [6, 6.07) is 9.22. The highest BCUT2D eigenvalue weighted by Gasteiger charge is 1.94. The summed E-state index contributed by atoms with van der Waals surface area (Å²) in [6.45, 7) is 0. The molecule has 0 aliphatic heterocycles. The van der Waals surface area contributed by atoms with E-state index in [0.717, 1.165) is 10.8 Å². The average molecular weight is 172 g/mol. The Morgan fingerprint density at radius 2 is 1.85 bits per heavy atom. The highest BCUT2D eigenvalue weighted by atomic mass is 16.1. The molecule has 0 amide bonds. The van der Waals surface area contributed by atoms with E-state index in [9.17, 15) is 4.79 Å². The third-order valence-corrected chi connectivity index (χ3v) is 1.87. The molecule has 0 fully saturated rings. The number of benzene rings is 1. The van der Waals surface area contributed by atoms with Crippen LogP contribution in [-0.2, 0) is 0 Å². The van der Waals surface area contributed by atoms with Crippen LogP contribution in [0.25, 0.3) is 10.8 Å². The number of rotatable bonds is 0. The maximum atomic E-state index is 11.1. The normalized spacial score (nSPS) is 10.2. The third kappa shape index (κ3) is 1.36. The Balaban J connectivity index is 2.97. The number of hydrogen-bond acceptors (Lipinski definition) is 3. The van der Waals surface area contributed by atoms with E-state index < -0.39 is 0 Å². The summed E-state index contributed by atoms with van der Waals surface area (Å²) in [5.41, 5.74) is 5.29. The number of anilines is 1. The van der Waals surface area contributed by atoms with Crippen LogP contribution in [0.2, 0.25) is 0 Å². The van der Waals surface area contributed by atoms with E-state index in [1.54, 1.807) is 6.07 Å². The summed E-state index contributed by atoms with van der Waals surface area (Å²) in [7, 11) is 0. The van der Waals surface area contributed by atoms with Crippen LogP contribution in [0.3, 0.4) is 0 Å². The lowest BCUT2D eigenvalue weighted by Crippen LogP contribution is -2.06. The van der Waals surface area contributed by atoms with Crippen LogP contribution >= 0.6 is 0 Å². The predicted octanol–water partition coefficient (Wildman–Crippen LogP) is 1.18. The number of fused-ring (bicyclic) bond motifs is 1. The molecule has 0 saturated heterocycles. The van der Waals surface area contributed by atoms with Crippen LogP contribution < -0.4 is 11.3 Å². The largest absolute Gasteiger partial charge is 0.394 e. The zero-order valence-corrected chi connectivity index (χ0v) is 6.90. The first-order chi connectivity index (χ1) is 6.27. The van der Waals surface area contributed by atoms with Crippen LogP contribution in [-0.4, -0.2) is 4.98 Å². The summed E-state index contributed by atoms with van der Waals surface area (Å²) >= 11 is 0. The fourth-order valence-corrected chi connectivity index (χ4v) is 1.19. The van der Waals surface area contributed by atoms with E-state index in [0.29, 0.717) is 0 Å². The van der Waals surface area contributed by atoms with Crippen molar-refractivity contribution in [2.75, 3.05) is 5.73 Å². The van der Waals surface area contributed by atoms with Gasteiger partial charge in [-0.1, -0.05) is 24.3 Å². The van der Waals surface area contributed by atoms with Crippen molar-refractivity contribution >= 4 is 16.5 Å². The van der Waals surface area contributed by atoms with E-state index in [1.807, 2.05) is 24.3 Å². The van der Waals surface area contributed by atoms with Gasteiger partial charge >= 0.3 is 0 Å². The predicted molar refractivity (Wildman–Crippen MR) is 52.4 cm³/mol. The second-order valence-electron chi connectivity index (χ2n) is 2.79. The van der Waals surface area contributed by atoms with E-state index in [-0.39, 0.29) is 11.2 Å². The standard InChI is InChI=1S/C10H8N2O/c11-9-5-7-3-1-2-4-8(7)6-12-10(9)13/h1-6H,(H2,11,12,13). The van der Waals surface area contributed by atoms with Gasteiger partial charge in [0.15, 0.2) is 0 Å². The highest BCUT2D eigenvalue weighted by molar-refractivity contribution is 5.82. The van der Waals surface area contributed by atoms with Gasteiger partial charge in [0.25, 0.3) is 5.56 Å². The van der Waals surface area contributed by atoms with Crippen LogP contribution in [0.1, 0.15) is 0 Å². The molecule has 0 radical (unpaired) electrons. The second kappa shape index (κ2) is 2.86. The lowest BCUT2D eigenvalue weighted by molar-refractivity contribution is 1.29. The van der Waals surface area contributed by atoms with Crippen molar-refractivity contribution in [2.45, 2.75) is 0 Å². The minimum atomic E-state index is -0.379. The first kappa shape index (κ1) is 7.73. The molecule has 0 spiro atoms. The third-order valence-electron chi connectivity index (χ3n) is 1.87. The van der Waals surface area contributed by atoms with Crippen LogP contribution in [0.15, 0.2) is 41.3 Å². The summed E-state index contributed by atoms with van der Waals surface area (Å²) in [5.74, 6) is 0. The van der Waals surface area contributed by atoms with Crippen LogP contribution in [0, 0.1) is 0 Å². The fourth-order valence-electron chi connectivity index (χ4n) is 1.19. The molecule has 2 rings (SSSR count). The zero-order chi connectivity index (χ0) is 9.26. The second-order valence-corrected chi connectivity index (χ2v) is 2.79. The van der Waals surface area contributed by atoms with Crippen molar-refractivity contribution in [3.05, 3.63) is 46.9 Å².